The summed E-state index contributed by atoms with van der Waals surface area (Å²) in [5.74, 6) is 0.346. The Morgan fingerprint density at radius 1 is 1.53 bits per heavy atom. The molecule has 2 aromatic rings. The molecule has 0 unspecified atom stereocenters. The van der Waals surface area contributed by atoms with Crippen molar-refractivity contribution in [1.82, 2.24) is 15.0 Å². The van der Waals surface area contributed by atoms with Crippen LogP contribution in [0.25, 0.3) is 0 Å². The first kappa shape index (κ1) is 13.3. The molecule has 0 atom stereocenters. The fourth-order valence-corrected chi connectivity index (χ4v) is 2.01. The fraction of sp³-hybridized carbons (Fsp3) is 0.273. The smallest absolute Gasteiger partial charge is 0.275 e. The van der Waals surface area contributed by atoms with E-state index in [9.17, 15) is 10.1 Å². The van der Waals surface area contributed by atoms with Crippen molar-refractivity contribution in [2.75, 3.05) is 5.73 Å². The lowest BCUT2D eigenvalue weighted by Crippen LogP contribution is -2.08. The third kappa shape index (κ3) is 2.65. The van der Waals surface area contributed by atoms with E-state index < -0.39 is 4.92 Å². The minimum Gasteiger partial charge on any atom is -0.381 e. The van der Waals surface area contributed by atoms with E-state index in [0.29, 0.717) is 22.8 Å². The number of nitro benzene ring substituents is 1. The third-order valence-electron chi connectivity index (χ3n) is 2.77. The zero-order chi connectivity index (χ0) is 14.0. The van der Waals surface area contributed by atoms with Crippen LogP contribution in [0.3, 0.4) is 0 Å². The number of halogens is 1. The topological polar surface area (TPSA) is 99.9 Å². The van der Waals surface area contributed by atoms with Crippen LogP contribution in [-0.2, 0) is 13.0 Å². The van der Waals surface area contributed by atoms with Gasteiger partial charge in [0, 0.05) is 11.1 Å². The van der Waals surface area contributed by atoms with Crippen LogP contribution in [0.5, 0.6) is 0 Å². The molecule has 19 heavy (non-hydrogen) atoms. The summed E-state index contributed by atoms with van der Waals surface area (Å²) in [4.78, 5) is 10.5. The molecule has 1 aromatic carbocycles. The van der Waals surface area contributed by atoms with Crippen LogP contribution in [-0.4, -0.2) is 19.9 Å². The number of benzene rings is 1. The third-order valence-corrected chi connectivity index (χ3v) is 3.00. The number of aromatic nitrogens is 3. The number of anilines is 1. The molecular formula is C11H12ClN5O2. The van der Waals surface area contributed by atoms with Gasteiger partial charge in [-0.3, -0.25) is 10.1 Å². The fourth-order valence-electron chi connectivity index (χ4n) is 1.84. The summed E-state index contributed by atoms with van der Waals surface area (Å²) in [5.41, 5.74) is 6.90. The summed E-state index contributed by atoms with van der Waals surface area (Å²) in [6, 6.07) is 4.54. The highest BCUT2D eigenvalue weighted by Gasteiger charge is 2.17. The van der Waals surface area contributed by atoms with Crippen LogP contribution in [0.1, 0.15) is 18.2 Å². The van der Waals surface area contributed by atoms with Gasteiger partial charge in [-0.15, -0.1) is 5.10 Å². The van der Waals surface area contributed by atoms with Crippen LogP contribution in [0.15, 0.2) is 18.2 Å². The molecule has 1 aromatic heterocycles. The lowest BCUT2D eigenvalue weighted by atomic mass is 10.2. The standard InChI is InChI=1S/C11H12ClN5O2/c1-2-9-11(13)14-15-16(9)6-7-3-4-8(12)5-10(7)17(18)19/h3-5H,2,6,13H2,1H3. The van der Waals surface area contributed by atoms with Crippen molar-refractivity contribution in [3.63, 3.8) is 0 Å². The molecule has 7 nitrogen and oxygen atoms in total. The Bertz CT molecular complexity index is 626. The Hall–Kier alpha value is -2.15. The first-order valence-corrected chi connectivity index (χ1v) is 6.01. The molecule has 0 radical (unpaired) electrons. The largest absolute Gasteiger partial charge is 0.381 e. The average molecular weight is 282 g/mol. The summed E-state index contributed by atoms with van der Waals surface area (Å²) < 4.78 is 1.56. The number of hydrogen-bond acceptors (Lipinski definition) is 5. The van der Waals surface area contributed by atoms with E-state index in [1.165, 1.54) is 6.07 Å². The Labute approximate surface area is 114 Å². The zero-order valence-corrected chi connectivity index (χ0v) is 11.0. The number of hydrogen-bond donors (Lipinski definition) is 1. The summed E-state index contributed by atoms with van der Waals surface area (Å²) >= 11 is 5.77. The minimum absolute atomic E-state index is 0.0383. The van der Waals surface area contributed by atoms with Crippen LogP contribution in [0.2, 0.25) is 5.02 Å². The summed E-state index contributed by atoms with van der Waals surface area (Å²) in [6.45, 7) is 2.16. The summed E-state index contributed by atoms with van der Waals surface area (Å²) in [5, 5.41) is 19.0. The second-order valence-corrected chi connectivity index (χ2v) is 4.40. The molecule has 0 aliphatic heterocycles. The molecule has 2 rings (SSSR count). The molecule has 0 aliphatic rings. The van der Waals surface area contributed by atoms with Crippen molar-refractivity contribution in [3.8, 4) is 0 Å². The van der Waals surface area contributed by atoms with E-state index in [1.807, 2.05) is 6.92 Å². The van der Waals surface area contributed by atoms with Gasteiger partial charge >= 0.3 is 0 Å². The van der Waals surface area contributed by atoms with Crippen LogP contribution >= 0.6 is 11.6 Å². The molecule has 0 spiro atoms. The lowest BCUT2D eigenvalue weighted by Gasteiger charge is -2.06. The minimum atomic E-state index is -0.465. The highest BCUT2D eigenvalue weighted by atomic mass is 35.5. The molecule has 8 heteroatoms. The molecule has 0 saturated carbocycles. The van der Waals surface area contributed by atoms with Gasteiger partial charge in [-0.05, 0) is 18.6 Å². The molecular weight excluding hydrogens is 270 g/mol. The number of nitrogens with two attached hydrogens (primary N) is 1. The molecule has 2 N–H and O–H groups in total. The highest BCUT2D eigenvalue weighted by Crippen LogP contribution is 2.24. The van der Waals surface area contributed by atoms with Gasteiger partial charge in [0.15, 0.2) is 5.82 Å². The highest BCUT2D eigenvalue weighted by molar-refractivity contribution is 6.30. The molecule has 100 valence electrons. The first-order chi connectivity index (χ1) is 9.02. The molecule has 0 bridgehead atoms. The van der Waals surface area contributed by atoms with Gasteiger partial charge < -0.3 is 5.73 Å². The average Bonchev–Trinajstić information content (AvgIpc) is 2.71. The maximum absolute atomic E-state index is 11.0. The van der Waals surface area contributed by atoms with Crippen molar-refractivity contribution in [2.45, 2.75) is 19.9 Å². The molecule has 0 fully saturated rings. The number of nitrogens with zero attached hydrogens (tertiary/aromatic N) is 4. The van der Waals surface area contributed by atoms with Crippen molar-refractivity contribution >= 4 is 23.1 Å². The normalized spacial score (nSPS) is 10.6. The van der Waals surface area contributed by atoms with Gasteiger partial charge in [-0.1, -0.05) is 23.7 Å². The van der Waals surface area contributed by atoms with Crippen molar-refractivity contribution in [3.05, 3.63) is 44.6 Å². The Balaban J connectivity index is 2.40. The number of nitro groups is 1. The van der Waals surface area contributed by atoms with E-state index in [1.54, 1.807) is 16.8 Å². The quantitative estimate of drug-likeness (QED) is 0.683. The summed E-state index contributed by atoms with van der Waals surface area (Å²) in [6.07, 6.45) is 0.653. The second kappa shape index (κ2) is 5.23. The van der Waals surface area contributed by atoms with Gasteiger partial charge in [-0.25, -0.2) is 4.68 Å². The first-order valence-electron chi connectivity index (χ1n) is 5.63. The van der Waals surface area contributed by atoms with Crippen molar-refractivity contribution < 1.29 is 4.92 Å². The second-order valence-electron chi connectivity index (χ2n) is 3.96. The molecule has 0 aliphatic carbocycles. The van der Waals surface area contributed by atoms with Crippen LogP contribution in [0, 0.1) is 10.1 Å². The zero-order valence-electron chi connectivity index (χ0n) is 10.2. The number of nitrogen functional groups attached to an aromatic ring is 1. The monoisotopic (exact) mass is 281 g/mol. The van der Waals surface area contributed by atoms with E-state index in [0.717, 1.165) is 5.69 Å². The molecule has 0 amide bonds. The summed E-state index contributed by atoms with van der Waals surface area (Å²) in [7, 11) is 0. The predicted octanol–water partition coefficient (Wildman–Crippen LogP) is 2.03. The Kier molecular flexibility index (Phi) is 3.66. The van der Waals surface area contributed by atoms with E-state index >= 15 is 0 Å². The lowest BCUT2D eigenvalue weighted by molar-refractivity contribution is -0.385. The van der Waals surface area contributed by atoms with Crippen molar-refractivity contribution in [2.24, 2.45) is 0 Å². The van der Waals surface area contributed by atoms with E-state index in [4.69, 9.17) is 17.3 Å². The Morgan fingerprint density at radius 2 is 2.26 bits per heavy atom. The number of rotatable bonds is 4. The Morgan fingerprint density at radius 3 is 2.89 bits per heavy atom. The van der Waals surface area contributed by atoms with Gasteiger partial charge in [0.2, 0.25) is 0 Å². The predicted molar refractivity (Wildman–Crippen MR) is 71.0 cm³/mol. The van der Waals surface area contributed by atoms with Crippen LogP contribution in [0.4, 0.5) is 11.5 Å². The molecule has 1 heterocycles. The SMILES string of the molecule is CCc1c(N)nnn1Cc1ccc(Cl)cc1[N+](=O)[O-]. The van der Waals surface area contributed by atoms with Gasteiger partial charge in [0.25, 0.3) is 5.69 Å². The maximum Gasteiger partial charge on any atom is 0.275 e. The van der Waals surface area contributed by atoms with E-state index in [2.05, 4.69) is 10.3 Å². The van der Waals surface area contributed by atoms with Gasteiger partial charge in [-0.2, -0.15) is 0 Å². The maximum atomic E-state index is 11.0. The molecule has 0 saturated heterocycles. The van der Waals surface area contributed by atoms with E-state index in [-0.39, 0.29) is 12.2 Å². The van der Waals surface area contributed by atoms with Gasteiger partial charge in [0.05, 0.1) is 22.7 Å². The van der Waals surface area contributed by atoms with Gasteiger partial charge in [0.1, 0.15) is 0 Å². The van der Waals surface area contributed by atoms with Crippen molar-refractivity contribution in [1.29, 1.82) is 0 Å². The van der Waals surface area contributed by atoms with Crippen LogP contribution < -0.4 is 5.73 Å².